The van der Waals surface area contributed by atoms with Gasteiger partial charge in [0.05, 0.1) is 26.9 Å². The molecule has 1 aliphatic rings. The Labute approximate surface area is 234 Å². The molecule has 1 heterocycles. The first-order valence-corrected chi connectivity index (χ1v) is 12.2. The van der Waals surface area contributed by atoms with Gasteiger partial charge in [-0.3, -0.25) is 25.0 Å². The first-order chi connectivity index (χ1) is 18.6. The van der Waals surface area contributed by atoms with Crippen molar-refractivity contribution in [1.29, 1.82) is 0 Å². The number of barbiturate groups is 1. The van der Waals surface area contributed by atoms with Crippen LogP contribution >= 0.6 is 22.6 Å². The number of aromatic carboxylic acids is 1. The Hall–Kier alpha value is -4.79. The summed E-state index contributed by atoms with van der Waals surface area (Å²) in [5.41, 5.74) is 0.788. The Morgan fingerprint density at radius 1 is 1.10 bits per heavy atom. The zero-order valence-electron chi connectivity index (χ0n) is 20.0. The van der Waals surface area contributed by atoms with Gasteiger partial charge in [0.2, 0.25) is 0 Å². The molecule has 1 aliphatic heterocycles. The standard InChI is InChI=1S/C26H18IN3O9/c1-38-21-12-15(11-20(27)22(21)39-13-14-2-6-18(7-3-14)30(36)37)10-19-23(31)28-26(35)29(24(19)32)17-8-4-16(5-9-17)25(33)34/h2-12H,13H2,1H3,(H,33,34)(H,28,31,35)/b19-10+. The second-order valence-corrected chi connectivity index (χ2v) is 9.22. The number of nitro groups is 1. The van der Waals surface area contributed by atoms with Crippen molar-refractivity contribution >= 4 is 63.9 Å². The van der Waals surface area contributed by atoms with Crippen LogP contribution in [0.4, 0.5) is 16.2 Å². The number of methoxy groups -OCH3 is 1. The number of carboxylic acid groups (broad SMARTS) is 1. The number of hydrogen-bond acceptors (Lipinski definition) is 8. The second-order valence-electron chi connectivity index (χ2n) is 8.06. The fourth-order valence-electron chi connectivity index (χ4n) is 3.64. The Bertz CT molecular complexity index is 1530. The van der Waals surface area contributed by atoms with E-state index in [4.69, 9.17) is 14.6 Å². The lowest BCUT2D eigenvalue weighted by Crippen LogP contribution is -2.54. The molecule has 4 rings (SSSR count). The predicted molar refractivity (Wildman–Crippen MR) is 146 cm³/mol. The lowest BCUT2D eigenvalue weighted by atomic mass is 10.1. The summed E-state index contributed by atoms with van der Waals surface area (Å²) >= 11 is 2.00. The van der Waals surface area contributed by atoms with E-state index in [1.54, 1.807) is 24.3 Å². The lowest BCUT2D eigenvalue weighted by Gasteiger charge is -2.26. The van der Waals surface area contributed by atoms with E-state index in [1.165, 1.54) is 49.6 Å². The minimum atomic E-state index is -1.17. The molecule has 0 aliphatic carbocycles. The van der Waals surface area contributed by atoms with E-state index >= 15 is 0 Å². The van der Waals surface area contributed by atoms with Gasteiger partial charge in [-0.15, -0.1) is 0 Å². The van der Waals surface area contributed by atoms with Crippen molar-refractivity contribution in [1.82, 2.24) is 5.32 Å². The molecule has 3 aromatic rings. The zero-order valence-corrected chi connectivity index (χ0v) is 22.2. The molecule has 4 amide bonds. The quantitative estimate of drug-likeness (QED) is 0.121. The molecule has 1 fully saturated rings. The number of non-ortho nitro benzene ring substituents is 1. The molecule has 0 spiro atoms. The minimum Gasteiger partial charge on any atom is -0.493 e. The molecule has 12 nitrogen and oxygen atoms in total. The van der Waals surface area contributed by atoms with Gasteiger partial charge >= 0.3 is 12.0 Å². The molecule has 0 bridgehead atoms. The summed E-state index contributed by atoms with van der Waals surface area (Å²) in [6.45, 7) is 0.101. The maximum Gasteiger partial charge on any atom is 0.335 e. The Morgan fingerprint density at radius 2 is 1.77 bits per heavy atom. The van der Waals surface area contributed by atoms with E-state index in [2.05, 4.69) is 5.32 Å². The van der Waals surface area contributed by atoms with Gasteiger partial charge in [-0.25, -0.2) is 14.5 Å². The summed E-state index contributed by atoms with van der Waals surface area (Å²) in [6, 6.07) is 13.2. The number of carboxylic acids is 1. The molecule has 3 aromatic carbocycles. The first-order valence-electron chi connectivity index (χ1n) is 11.1. The average Bonchev–Trinajstić information content (AvgIpc) is 2.90. The number of nitrogens with one attached hydrogen (secondary N) is 1. The van der Waals surface area contributed by atoms with Crippen molar-refractivity contribution in [2.45, 2.75) is 6.61 Å². The van der Waals surface area contributed by atoms with Gasteiger partial charge in [0.15, 0.2) is 11.5 Å². The molecule has 1 saturated heterocycles. The summed E-state index contributed by atoms with van der Waals surface area (Å²) in [4.78, 5) is 60.3. The maximum absolute atomic E-state index is 13.2. The summed E-state index contributed by atoms with van der Waals surface area (Å²) < 4.78 is 11.9. The van der Waals surface area contributed by atoms with Crippen LogP contribution in [0.2, 0.25) is 0 Å². The van der Waals surface area contributed by atoms with E-state index in [-0.39, 0.29) is 29.1 Å². The molecule has 13 heteroatoms. The number of anilines is 1. The van der Waals surface area contributed by atoms with Crippen molar-refractivity contribution in [2.24, 2.45) is 0 Å². The monoisotopic (exact) mass is 643 g/mol. The van der Waals surface area contributed by atoms with Crippen LogP contribution in [-0.4, -0.2) is 41.0 Å². The van der Waals surface area contributed by atoms with Gasteiger partial charge in [-0.05, 0) is 88.3 Å². The summed E-state index contributed by atoms with van der Waals surface area (Å²) in [6.07, 6.45) is 1.30. The van der Waals surface area contributed by atoms with E-state index in [0.717, 1.165) is 4.90 Å². The molecule has 0 saturated carbocycles. The maximum atomic E-state index is 13.2. The van der Waals surface area contributed by atoms with Crippen LogP contribution < -0.4 is 19.7 Å². The van der Waals surface area contributed by atoms with Crippen molar-refractivity contribution in [3.63, 3.8) is 0 Å². The van der Waals surface area contributed by atoms with Gasteiger partial charge in [-0.1, -0.05) is 0 Å². The van der Waals surface area contributed by atoms with Crippen LogP contribution in [0.5, 0.6) is 11.5 Å². The van der Waals surface area contributed by atoms with Crippen molar-refractivity contribution in [2.75, 3.05) is 12.0 Å². The Kier molecular flexibility index (Phi) is 7.90. The zero-order chi connectivity index (χ0) is 28.3. The summed E-state index contributed by atoms with van der Waals surface area (Å²) in [5, 5.41) is 22.0. The molecule has 0 radical (unpaired) electrons. The lowest BCUT2D eigenvalue weighted by molar-refractivity contribution is -0.384. The average molecular weight is 643 g/mol. The molecule has 0 unspecified atom stereocenters. The molecule has 0 aromatic heterocycles. The third-order valence-electron chi connectivity index (χ3n) is 5.57. The largest absolute Gasteiger partial charge is 0.493 e. The third kappa shape index (κ3) is 5.87. The highest BCUT2D eigenvalue weighted by Crippen LogP contribution is 2.35. The number of carbonyl (C=O) groups is 4. The topological polar surface area (TPSA) is 165 Å². The van der Waals surface area contributed by atoms with Crippen LogP contribution in [0.1, 0.15) is 21.5 Å². The van der Waals surface area contributed by atoms with Crippen molar-refractivity contribution in [3.8, 4) is 11.5 Å². The number of rotatable bonds is 8. The second kappa shape index (κ2) is 11.3. The minimum absolute atomic E-state index is 0.0342. The smallest absolute Gasteiger partial charge is 0.335 e. The molecular formula is C26H18IN3O9. The molecule has 2 N–H and O–H groups in total. The number of nitro benzene ring substituents is 1. The number of carbonyl (C=O) groups excluding carboxylic acids is 3. The van der Waals surface area contributed by atoms with E-state index < -0.39 is 28.7 Å². The fraction of sp³-hybridized carbons (Fsp3) is 0.0769. The van der Waals surface area contributed by atoms with Crippen LogP contribution in [0, 0.1) is 13.7 Å². The van der Waals surface area contributed by atoms with Crippen LogP contribution in [0.25, 0.3) is 6.08 Å². The number of nitrogens with zero attached hydrogens (tertiary/aromatic N) is 2. The van der Waals surface area contributed by atoms with Gasteiger partial charge in [0, 0.05) is 12.1 Å². The highest BCUT2D eigenvalue weighted by Gasteiger charge is 2.37. The molecule has 0 atom stereocenters. The summed E-state index contributed by atoms with van der Waals surface area (Å²) in [5.74, 6) is -2.27. The highest BCUT2D eigenvalue weighted by atomic mass is 127. The molecule has 39 heavy (non-hydrogen) atoms. The first kappa shape index (κ1) is 27.3. The normalized spacial score (nSPS) is 14.3. The molecular weight excluding hydrogens is 625 g/mol. The number of hydrogen-bond donors (Lipinski definition) is 2. The Balaban J connectivity index is 1.60. The number of halogens is 1. The molecule has 198 valence electrons. The van der Waals surface area contributed by atoms with Gasteiger partial charge in [-0.2, -0.15) is 0 Å². The fourth-order valence-corrected chi connectivity index (χ4v) is 4.43. The van der Waals surface area contributed by atoms with Crippen molar-refractivity contribution < 1.29 is 38.7 Å². The van der Waals surface area contributed by atoms with Gasteiger partial charge < -0.3 is 14.6 Å². The van der Waals surface area contributed by atoms with Crippen LogP contribution in [-0.2, 0) is 16.2 Å². The van der Waals surface area contributed by atoms with Crippen molar-refractivity contribution in [3.05, 3.63) is 96.6 Å². The third-order valence-corrected chi connectivity index (χ3v) is 6.37. The Morgan fingerprint density at radius 3 is 2.36 bits per heavy atom. The van der Waals surface area contributed by atoms with Crippen LogP contribution in [0.15, 0.2) is 66.2 Å². The summed E-state index contributed by atoms with van der Waals surface area (Å²) in [7, 11) is 1.42. The van der Waals surface area contributed by atoms with E-state index in [0.29, 0.717) is 26.2 Å². The predicted octanol–water partition coefficient (Wildman–Crippen LogP) is 4.15. The van der Waals surface area contributed by atoms with Gasteiger partial charge in [0.1, 0.15) is 12.2 Å². The number of imide groups is 2. The van der Waals surface area contributed by atoms with Gasteiger partial charge in [0.25, 0.3) is 17.5 Å². The number of urea groups is 1. The highest BCUT2D eigenvalue weighted by molar-refractivity contribution is 14.1. The van der Waals surface area contributed by atoms with E-state index in [9.17, 15) is 29.3 Å². The number of ether oxygens (including phenoxy) is 2. The number of amides is 4. The number of benzene rings is 3. The SMILES string of the molecule is COc1cc(/C=C2\C(=O)NC(=O)N(c3ccc(C(=O)O)cc3)C2=O)cc(I)c1OCc1ccc([N+](=O)[O-])cc1. The van der Waals surface area contributed by atoms with Crippen LogP contribution in [0.3, 0.4) is 0 Å². The van der Waals surface area contributed by atoms with E-state index in [1.807, 2.05) is 22.6 Å².